The van der Waals surface area contributed by atoms with E-state index in [1.54, 1.807) is 24.5 Å². The third-order valence-corrected chi connectivity index (χ3v) is 2.96. The summed E-state index contributed by atoms with van der Waals surface area (Å²) in [6.07, 6.45) is 3.53. The van der Waals surface area contributed by atoms with Gasteiger partial charge in [-0.2, -0.15) is 4.98 Å². The van der Waals surface area contributed by atoms with E-state index in [-0.39, 0.29) is 6.04 Å². The molecule has 0 aliphatic rings. The molecular weight excluding hydrogens is 240 g/mol. The van der Waals surface area contributed by atoms with Crippen molar-refractivity contribution in [2.75, 3.05) is 11.1 Å². The molecule has 1 atom stereocenters. The monoisotopic (exact) mass is 254 g/mol. The minimum atomic E-state index is 0.0911. The highest BCUT2D eigenvalue weighted by molar-refractivity contribution is 5.78. The van der Waals surface area contributed by atoms with Crippen LogP contribution in [0.1, 0.15) is 18.5 Å². The quantitative estimate of drug-likeness (QED) is 0.702. The molecule has 19 heavy (non-hydrogen) atoms. The summed E-state index contributed by atoms with van der Waals surface area (Å²) in [6, 6.07) is 9.90. The highest BCUT2D eigenvalue weighted by Crippen LogP contribution is 2.24. The van der Waals surface area contributed by atoms with Crippen LogP contribution in [0.15, 0.2) is 47.1 Å². The molecule has 0 bridgehead atoms. The second-order valence-corrected chi connectivity index (χ2v) is 4.39. The summed E-state index contributed by atoms with van der Waals surface area (Å²) in [5.41, 5.74) is 8.99. The maximum absolute atomic E-state index is 5.72. The summed E-state index contributed by atoms with van der Waals surface area (Å²) >= 11 is 0. The van der Waals surface area contributed by atoms with Crippen LogP contribution < -0.4 is 11.1 Å². The molecule has 0 saturated carbocycles. The van der Waals surface area contributed by atoms with Gasteiger partial charge in [-0.05, 0) is 42.8 Å². The van der Waals surface area contributed by atoms with E-state index in [0.29, 0.717) is 11.7 Å². The lowest BCUT2D eigenvalue weighted by molar-refractivity contribution is 0.604. The molecule has 0 amide bonds. The molecule has 2 aromatic heterocycles. The fourth-order valence-electron chi connectivity index (χ4n) is 1.93. The van der Waals surface area contributed by atoms with E-state index in [9.17, 15) is 0 Å². The smallest absolute Gasteiger partial charge is 0.296 e. The van der Waals surface area contributed by atoms with E-state index in [0.717, 1.165) is 16.7 Å². The molecule has 3 aromatic rings. The predicted octanol–water partition coefficient (Wildman–Crippen LogP) is 2.98. The molecule has 1 unspecified atom stereocenters. The third kappa shape index (κ3) is 2.35. The van der Waals surface area contributed by atoms with Crippen LogP contribution in [-0.2, 0) is 0 Å². The molecule has 5 heteroatoms. The summed E-state index contributed by atoms with van der Waals surface area (Å²) in [7, 11) is 0. The number of anilines is 2. The summed E-state index contributed by atoms with van der Waals surface area (Å²) < 4.78 is 5.62. The number of rotatable bonds is 3. The van der Waals surface area contributed by atoms with Crippen LogP contribution in [0.25, 0.3) is 11.1 Å². The van der Waals surface area contributed by atoms with Gasteiger partial charge in [-0.25, -0.2) is 0 Å². The van der Waals surface area contributed by atoms with Crippen molar-refractivity contribution in [1.29, 1.82) is 0 Å². The van der Waals surface area contributed by atoms with Gasteiger partial charge in [0.05, 0.1) is 6.04 Å². The van der Waals surface area contributed by atoms with Crippen molar-refractivity contribution in [3.63, 3.8) is 0 Å². The molecular formula is C14H14N4O. The number of benzene rings is 1. The van der Waals surface area contributed by atoms with E-state index in [4.69, 9.17) is 10.2 Å². The molecule has 1 aromatic carbocycles. The van der Waals surface area contributed by atoms with Crippen molar-refractivity contribution in [2.45, 2.75) is 13.0 Å². The van der Waals surface area contributed by atoms with Gasteiger partial charge in [0.2, 0.25) is 0 Å². The van der Waals surface area contributed by atoms with E-state index in [1.807, 2.05) is 25.1 Å². The number of nitrogen functional groups attached to an aromatic ring is 1. The third-order valence-electron chi connectivity index (χ3n) is 2.96. The van der Waals surface area contributed by atoms with Gasteiger partial charge in [-0.15, -0.1) is 0 Å². The predicted molar refractivity (Wildman–Crippen MR) is 74.7 cm³/mol. The van der Waals surface area contributed by atoms with Crippen molar-refractivity contribution in [3.05, 3.63) is 48.3 Å². The molecule has 2 heterocycles. The zero-order valence-corrected chi connectivity index (χ0v) is 10.5. The molecule has 0 fully saturated rings. The first-order chi connectivity index (χ1) is 9.22. The van der Waals surface area contributed by atoms with Gasteiger partial charge in [0.25, 0.3) is 6.01 Å². The van der Waals surface area contributed by atoms with Crippen LogP contribution >= 0.6 is 0 Å². The van der Waals surface area contributed by atoms with E-state index < -0.39 is 0 Å². The molecule has 96 valence electrons. The molecule has 0 spiro atoms. The zero-order valence-electron chi connectivity index (χ0n) is 10.5. The Balaban J connectivity index is 1.85. The first-order valence-electron chi connectivity index (χ1n) is 6.05. The zero-order chi connectivity index (χ0) is 13.2. The molecule has 5 nitrogen and oxygen atoms in total. The maximum atomic E-state index is 5.72. The number of nitrogens with one attached hydrogen (secondary N) is 1. The van der Waals surface area contributed by atoms with Crippen molar-refractivity contribution in [1.82, 2.24) is 9.97 Å². The number of nitrogens with zero attached hydrogens (tertiary/aromatic N) is 2. The number of aromatic nitrogens is 2. The van der Waals surface area contributed by atoms with Gasteiger partial charge in [0, 0.05) is 18.1 Å². The number of hydrogen-bond donors (Lipinski definition) is 2. The Labute approximate surface area is 110 Å². The molecule has 0 radical (unpaired) electrons. The number of fused-ring (bicyclic) bond motifs is 1. The largest absolute Gasteiger partial charge is 0.424 e. The Morgan fingerprint density at radius 2 is 2.00 bits per heavy atom. The van der Waals surface area contributed by atoms with Crippen molar-refractivity contribution in [3.8, 4) is 0 Å². The van der Waals surface area contributed by atoms with E-state index in [1.165, 1.54) is 0 Å². The van der Waals surface area contributed by atoms with Crippen LogP contribution in [-0.4, -0.2) is 9.97 Å². The normalized spacial score (nSPS) is 12.5. The summed E-state index contributed by atoms with van der Waals surface area (Å²) in [5, 5.41) is 3.22. The SMILES string of the molecule is CC(Nc1nc2cc(N)ccc2o1)c1ccncc1. The second-order valence-electron chi connectivity index (χ2n) is 4.39. The van der Waals surface area contributed by atoms with Crippen molar-refractivity contribution >= 4 is 22.8 Å². The molecule has 0 saturated heterocycles. The summed E-state index contributed by atoms with van der Waals surface area (Å²) in [4.78, 5) is 8.36. The fourth-order valence-corrected chi connectivity index (χ4v) is 1.93. The van der Waals surface area contributed by atoms with Gasteiger partial charge < -0.3 is 15.5 Å². The van der Waals surface area contributed by atoms with Gasteiger partial charge in [0.15, 0.2) is 5.58 Å². The number of hydrogen-bond acceptors (Lipinski definition) is 5. The Morgan fingerprint density at radius 1 is 1.21 bits per heavy atom. The number of oxazole rings is 1. The standard InChI is InChI=1S/C14H14N4O/c1-9(10-4-6-16-7-5-10)17-14-18-12-8-11(15)2-3-13(12)19-14/h2-9H,15H2,1H3,(H,17,18). The first kappa shape index (κ1) is 11.5. The van der Waals surface area contributed by atoms with Crippen LogP contribution in [0.5, 0.6) is 0 Å². The second kappa shape index (κ2) is 4.61. The Hall–Kier alpha value is -2.56. The lowest BCUT2D eigenvalue weighted by Gasteiger charge is -2.11. The molecule has 3 rings (SSSR count). The Kier molecular flexibility index (Phi) is 2.79. The summed E-state index contributed by atoms with van der Waals surface area (Å²) in [6.45, 7) is 2.04. The number of pyridine rings is 1. The van der Waals surface area contributed by atoms with Crippen LogP contribution in [0.2, 0.25) is 0 Å². The Bertz CT molecular complexity index is 693. The minimum absolute atomic E-state index is 0.0911. The summed E-state index contributed by atoms with van der Waals surface area (Å²) in [5.74, 6) is 0. The minimum Gasteiger partial charge on any atom is -0.424 e. The topological polar surface area (TPSA) is 77.0 Å². The van der Waals surface area contributed by atoms with Crippen LogP contribution in [0.4, 0.5) is 11.7 Å². The lowest BCUT2D eigenvalue weighted by atomic mass is 10.1. The van der Waals surface area contributed by atoms with Gasteiger partial charge in [-0.1, -0.05) is 0 Å². The van der Waals surface area contributed by atoms with Gasteiger partial charge >= 0.3 is 0 Å². The number of nitrogens with two attached hydrogens (primary N) is 1. The van der Waals surface area contributed by atoms with E-state index >= 15 is 0 Å². The first-order valence-corrected chi connectivity index (χ1v) is 6.05. The lowest BCUT2D eigenvalue weighted by Crippen LogP contribution is -2.06. The van der Waals surface area contributed by atoms with Gasteiger partial charge in [-0.3, -0.25) is 4.98 Å². The van der Waals surface area contributed by atoms with Crippen molar-refractivity contribution < 1.29 is 4.42 Å². The highest BCUT2D eigenvalue weighted by atomic mass is 16.4. The highest BCUT2D eigenvalue weighted by Gasteiger charge is 2.10. The molecule has 0 aliphatic carbocycles. The van der Waals surface area contributed by atoms with E-state index in [2.05, 4.69) is 15.3 Å². The average molecular weight is 254 g/mol. The fraction of sp³-hybridized carbons (Fsp3) is 0.143. The Morgan fingerprint density at radius 3 is 2.79 bits per heavy atom. The average Bonchev–Trinajstić information content (AvgIpc) is 2.81. The van der Waals surface area contributed by atoms with Crippen LogP contribution in [0.3, 0.4) is 0 Å². The van der Waals surface area contributed by atoms with Crippen molar-refractivity contribution in [2.24, 2.45) is 0 Å². The van der Waals surface area contributed by atoms with Gasteiger partial charge in [0.1, 0.15) is 5.52 Å². The van der Waals surface area contributed by atoms with Crippen LogP contribution in [0, 0.1) is 0 Å². The maximum Gasteiger partial charge on any atom is 0.296 e. The molecule has 0 aliphatic heterocycles. The molecule has 3 N–H and O–H groups in total.